The number of amides is 1. The number of carbonyl (C=O) groups excluding carboxylic acids is 2. The highest BCUT2D eigenvalue weighted by Gasteiger charge is 2.13. The molecule has 6 nitrogen and oxygen atoms in total. The van der Waals surface area contributed by atoms with Gasteiger partial charge in [0, 0.05) is 18.9 Å². The van der Waals surface area contributed by atoms with Gasteiger partial charge in [-0.3, -0.25) is 4.79 Å². The number of aryl methyl sites for hydroxylation is 3. The second kappa shape index (κ2) is 8.47. The van der Waals surface area contributed by atoms with Gasteiger partial charge in [0.2, 0.25) is 5.91 Å². The number of ether oxygens (including phenoxy) is 1. The zero-order valence-corrected chi connectivity index (χ0v) is 15.9. The molecule has 2 aromatic rings. The Morgan fingerprint density at radius 1 is 1.15 bits per heavy atom. The summed E-state index contributed by atoms with van der Waals surface area (Å²) in [4.78, 5) is 30.0. The number of anilines is 2. The third-order valence-electron chi connectivity index (χ3n) is 3.97. The standard InChI is InChI=1S/C20H25N3O3/c1-6-26-20(25)16-7-8-17(21-11-16)23(5)12-18(24)22-19-14(3)9-13(2)10-15(19)4/h7-11H,6,12H2,1-5H3,(H,22,24). The van der Waals surface area contributed by atoms with E-state index in [4.69, 9.17) is 4.74 Å². The minimum absolute atomic E-state index is 0.126. The fourth-order valence-corrected chi connectivity index (χ4v) is 2.80. The van der Waals surface area contributed by atoms with Gasteiger partial charge < -0.3 is 15.0 Å². The number of hydrogen-bond donors (Lipinski definition) is 1. The lowest BCUT2D eigenvalue weighted by atomic mass is 10.1. The predicted octanol–water partition coefficient (Wildman–Crippen LogP) is 3.26. The molecule has 6 heteroatoms. The summed E-state index contributed by atoms with van der Waals surface area (Å²) in [6.45, 7) is 8.22. The van der Waals surface area contributed by atoms with Crippen molar-refractivity contribution in [2.24, 2.45) is 0 Å². The van der Waals surface area contributed by atoms with E-state index in [0.717, 1.165) is 16.8 Å². The van der Waals surface area contributed by atoms with Crippen molar-refractivity contribution in [1.29, 1.82) is 0 Å². The van der Waals surface area contributed by atoms with Crippen molar-refractivity contribution in [1.82, 2.24) is 4.98 Å². The van der Waals surface area contributed by atoms with E-state index in [9.17, 15) is 9.59 Å². The quantitative estimate of drug-likeness (QED) is 0.805. The number of rotatable bonds is 6. The van der Waals surface area contributed by atoms with Crippen LogP contribution in [0.15, 0.2) is 30.5 Å². The molecule has 1 amide bonds. The number of carbonyl (C=O) groups is 2. The molecule has 1 aromatic carbocycles. The summed E-state index contributed by atoms with van der Waals surface area (Å²) >= 11 is 0. The maximum absolute atomic E-state index is 12.4. The van der Waals surface area contributed by atoms with Gasteiger partial charge in [-0.2, -0.15) is 0 Å². The van der Waals surface area contributed by atoms with E-state index >= 15 is 0 Å². The first-order valence-electron chi connectivity index (χ1n) is 8.53. The van der Waals surface area contributed by atoms with E-state index in [1.807, 2.05) is 32.9 Å². The lowest BCUT2D eigenvalue weighted by Crippen LogP contribution is -2.31. The summed E-state index contributed by atoms with van der Waals surface area (Å²) in [5.41, 5.74) is 4.48. The second-order valence-electron chi connectivity index (χ2n) is 6.30. The molecule has 0 unspecified atom stereocenters. The van der Waals surface area contributed by atoms with Gasteiger partial charge in [0.1, 0.15) is 5.82 Å². The summed E-state index contributed by atoms with van der Waals surface area (Å²) < 4.78 is 4.93. The van der Waals surface area contributed by atoms with E-state index in [-0.39, 0.29) is 12.5 Å². The zero-order valence-electron chi connectivity index (χ0n) is 15.9. The van der Waals surface area contributed by atoms with Crippen LogP contribution in [-0.2, 0) is 9.53 Å². The lowest BCUT2D eigenvalue weighted by molar-refractivity contribution is -0.114. The summed E-state index contributed by atoms with van der Waals surface area (Å²) in [5.74, 6) is 0.0710. The molecule has 1 N–H and O–H groups in total. The molecule has 2 rings (SSSR count). The number of esters is 1. The van der Waals surface area contributed by atoms with E-state index in [1.54, 1.807) is 31.0 Å². The summed E-state index contributed by atoms with van der Waals surface area (Å²) in [6, 6.07) is 7.43. The van der Waals surface area contributed by atoms with Crippen LogP contribution in [0.5, 0.6) is 0 Å². The molecule has 0 spiro atoms. The number of nitrogens with one attached hydrogen (secondary N) is 1. The van der Waals surface area contributed by atoms with Crippen molar-refractivity contribution >= 4 is 23.4 Å². The molecule has 138 valence electrons. The summed E-state index contributed by atoms with van der Waals surface area (Å²) in [5, 5.41) is 2.97. The van der Waals surface area contributed by atoms with Crippen LogP contribution in [0.4, 0.5) is 11.5 Å². The van der Waals surface area contributed by atoms with E-state index < -0.39 is 5.97 Å². The first-order chi connectivity index (χ1) is 12.3. The molecule has 0 fully saturated rings. The largest absolute Gasteiger partial charge is 0.462 e. The number of hydrogen-bond acceptors (Lipinski definition) is 5. The summed E-state index contributed by atoms with van der Waals surface area (Å²) in [7, 11) is 1.78. The van der Waals surface area contributed by atoms with Gasteiger partial charge in [-0.25, -0.2) is 9.78 Å². The molecule has 26 heavy (non-hydrogen) atoms. The molecule has 0 saturated heterocycles. The first kappa shape index (κ1) is 19.4. The molecule has 1 aromatic heterocycles. The smallest absolute Gasteiger partial charge is 0.339 e. The van der Waals surface area contributed by atoms with Crippen molar-refractivity contribution in [2.75, 3.05) is 30.4 Å². The SMILES string of the molecule is CCOC(=O)c1ccc(N(C)CC(=O)Nc2c(C)cc(C)cc2C)nc1. The molecule has 1 heterocycles. The van der Waals surface area contributed by atoms with Crippen molar-refractivity contribution in [2.45, 2.75) is 27.7 Å². The van der Waals surface area contributed by atoms with Crippen molar-refractivity contribution in [3.8, 4) is 0 Å². The Labute approximate surface area is 154 Å². The number of pyridine rings is 1. The van der Waals surface area contributed by atoms with Crippen LogP contribution in [0.25, 0.3) is 0 Å². The van der Waals surface area contributed by atoms with Gasteiger partial charge in [-0.15, -0.1) is 0 Å². The maximum Gasteiger partial charge on any atom is 0.339 e. The molecule has 0 aliphatic heterocycles. The van der Waals surface area contributed by atoms with Gasteiger partial charge >= 0.3 is 5.97 Å². The average molecular weight is 355 g/mol. The van der Waals surface area contributed by atoms with Gasteiger partial charge in [-0.1, -0.05) is 17.7 Å². The predicted molar refractivity (Wildman–Crippen MR) is 103 cm³/mol. The molecule has 0 bridgehead atoms. The highest BCUT2D eigenvalue weighted by Crippen LogP contribution is 2.22. The van der Waals surface area contributed by atoms with Crippen LogP contribution in [0, 0.1) is 20.8 Å². The topological polar surface area (TPSA) is 71.5 Å². The van der Waals surface area contributed by atoms with Gasteiger partial charge in [0.25, 0.3) is 0 Å². The van der Waals surface area contributed by atoms with Crippen LogP contribution >= 0.6 is 0 Å². The summed E-state index contributed by atoms with van der Waals surface area (Å²) in [6.07, 6.45) is 1.45. The monoisotopic (exact) mass is 355 g/mol. The second-order valence-corrected chi connectivity index (χ2v) is 6.30. The first-order valence-corrected chi connectivity index (χ1v) is 8.53. The van der Waals surface area contributed by atoms with Crippen LogP contribution < -0.4 is 10.2 Å². The van der Waals surface area contributed by atoms with Crippen LogP contribution in [0.1, 0.15) is 34.0 Å². The zero-order chi connectivity index (χ0) is 19.3. The Hall–Kier alpha value is -2.89. The Bertz CT molecular complexity index is 777. The Morgan fingerprint density at radius 2 is 1.81 bits per heavy atom. The molecule has 0 aliphatic rings. The Balaban J connectivity index is 2.02. The highest BCUT2D eigenvalue weighted by atomic mass is 16.5. The van der Waals surface area contributed by atoms with Crippen molar-refractivity contribution in [3.63, 3.8) is 0 Å². The normalized spacial score (nSPS) is 10.3. The van der Waals surface area contributed by atoms with E-state index in [1.165, 1.54) is 11.8 Å². The van der Waals surface area contributed by atoms with Crippen molar-refractivity contribution in [3.05, 3.63) is 52.7 Å². The fraction of sp³-hybridized carbons (Fsp3) is 0.350. The molecular formula is C20H25N3O3. The van der Waals surface area contributed by atoms with E-state index in [0.29, 0.717) is 18.0 Å². The minimum atomic E-state index is -0.405. The van der Waals surface area contributed by atoms with E-state index in [2.05, 4.69) is 10.3 Å². The highest BCUT2D eigenvalue weighted by molar-refractivity contribution is 5.95. The van der Waals surface area contributed by atoms with Crippen molar-refractivity contribution < 1.29 is 14.3 Å². The van der Waals surface area contributed by atoms with Crippen LogP contribution in [0.2, 0.25) is 0 Å². The molecule has 0 saturated carbocycles. The van der Waals surface area contributed by atoms with Gasteiger partial charge in [-0.05, 0) is 51.0 Å². The lowest BCUT2D eigenvalue weighted by Gasteiger charge is -2.19. The molecule has 0 radical (unpaired) electrons. The van der Waals surface area contributed by atoms with Crippen LogP contribution in [0.3, 0.4) is 0 Å². The maximum atomic E-state index is 12.4. The number of aromatic nitrogens is 1. The fourth-order valence-electron chi connectivity index (χ4n) is 2.80. The Kier molecular flexibility index (Phi) is 6.33. The van der Waals surface area contributed by atoms with Gasteiger partial charge in [0.15, 0.2) is 0 Å². The number of benzene rings is 1. The molecule has 0 aliphatic carbocycles. The third kappa shape index (κ3) is 4.81. The third-order valence-corrected chi connectivity index (χ3v) is 3.97. The Morgan fingerprint density at radius 3 is 2.35 bits per heavy atom. The van der Waals surface area contributed by atoms with Crippen LogP contribution in [-0.4, -0.2) is 37.1 Å². The van der Waals surface area contributed by atoms with Gasteiger partial charge in [0.05, 0.1) is 18.7 Å². The molecule has 0 atom stereocenters. The number of nitrogens with zero attached hydrogens (tertiary/aromatic N) is 2. The number of likely N-dealkylation sites (N-methyl/N-ethyl adjacent to an activating group) is 1. The average Bonchev–Trinajstić information content (AvgIpc) is 2.58. The minimum Gasteiger partial charge on any atom is -0.462 e. The molecular weight excluding hydrogens is 330 g/mol.